The van der Waals surface area contributed by atoms with Crippen LogP contribution in [0, 0.1) is 17.3 Å². The summed E-state index contributed by atoms with van der Waals surface area (Å²) in [5.74, 6) is 2.54. The lowest BCUT2D eigenvalue weighted by Gasteiger charge is -2.48. The van der Waals surface area contributed by atoms with Crippen LogP contribution in [-0.2, 0) is 11.2 Å². The Bertz CT molecular complexity index is 579. The second-order valence-corrected chi connectivity index (χ2v) is 7.29. The van der Waals surface area contributed by atoms with E-state index >= 15 is 0 Å². The summed E-state index contributed by atoms with van der Waals surface area (Å²) < 4.78 is 0. The Labute approximate surface area is 120 Å². The lowest BCUT2D eigenvalue weighted by Crippen LogP contribution is -2.42. The summed E-state index contributed by atoms with van der Waals surface area (Å²) in [6.45, 7) is 2.24. The van der Waals surface area contributed by atoms with E-state index in [9.17, 15) is 4.79 Å². The molecule has 3 aliphatic carbocycles. The molecule has 20 heavy (non-hydrogen) atoms. The van der Waals surface area contributed by atoms with Crippen molar-refractivity contribution in [2.75, 3.05) is 5.73 Å². The predicted octanol–water partition coefficient (Wildman–Crippen LogP) is 3.69. The Balaban J connectivity index is 1.73. The molecule has 1 aromatic carbocycles. The SMILES string of the molecule is C[C@]12CC[C@@H]3c4ccc(N)cc4CC[C@H]3[C@H]1CCC2=O. The summed E-state index contributed by atoms with van der Waals surface area (Å²) in [4.78, 5) is 12.3. The summed E-state index contributed by atoms with van der Waals surface area (Å²) in [5.41, 5.74) is 9.79. The largest absolute Gasteiger partial charge is 0.399 e. The first-order chi connectivity index (χ1) is 9.59. The van der Waals surface area contributed by atoms with Gasteiger partial charge in [0, 0.05) is 17.5 Å². The van der Waals surface area contributed by atoms with Crippen molar-refractivity contribution in [1.29, 1.82) is 0 Å². The van der Waals surface area contributed by atoms with Gasteiger partial charge in [-0.15, -0.1) is 0 Å². The van der Waals surface area contributed by atoms with Crippen molar-refractivity contribution in [1.82, 2.24) is 0 Å². The van der Waals surface area contributed by atoms with Gasteiger partial charge < -0.3 is 5.73 Å². The number of nitrogens with two attached hydrogens (primary N) is 1. The van der Waals surface area contributed by atoms with Crippen LogP contribution in [0.2, 0.25) is 0 Å². The first-order valence-electron chi connectivity index (χ1n) is 8.01. The van der Waals surface area contributed by atoms with E-state index in [1.165, 1.54) is 24.0 Å². The maximum Gasteiger partial charge on any atom is 0.139 e. The molecule has 0 amide bonds. The van der Waals surface area contributed by atoms with Crippen LogP contribution in [0.1, 0.15) is 56.1 Å². The standard InChI is InChI=1S/C18H23NO/c1-18-9-8-14-13-5-3-12(19)10-11(13)2-4-15(14)16(18)6-7-17(18)20/h3,5,10,14-16H,2,4,6-9,19H2,1H3/t14-,15-,16-,18+/m1/s1. The van der Waals surface area contributed by atoms with Gasteiger partial charge >= 0.3 is 0 Å². The third-order valence-electron chi connectivity index (χ3n) is 6.46. The minimum absolute atomic E-state index is 0.00746. The van der Waals surface area contributed by atoms with E-state index in [0.29, 0.717) is 17.6 Å². The minimum atomic E-state index is -0.00746. The molecule has 2 heteroatoms. The molecule has 2 saturated carbocycles. The fourth-order valence-electron chi connectivity index (χ4n) is 5.37. The zero-order chi connectivity index (χ0) is 13.9. The second kappa shape index (κ2) is 4.09. The number of aryl methyl sites for hydroxylation is 1. The Hall–Kier alpha value is -1.31. The number of Topliss-reactive ketones (excluding diaryl/α,β-unsaturated/α-hetero) is 1. The van der Waals surface area contributed by atoms with Gasteiger partial charge in [-0.3, -0.25) is 4.79 Å². The van der Waals surface area contributed by atoms with Crippen molar-refractivity contribution in [3.05, 3.63) is 29.3 Å². The quantitative estimate of drug-likeness (QED) is 0.730. The molecule has 4 rings (SSSR count). The first-order valence-corrected chi connectivity index (χ1v) is 8.01. The Morgan fingerprint density at radius 1 is 1.20 bits per heavy atom. The van der Waals surface area contributed by atoms with Crippen LogP contribution in [0.3, 0.4) is 0 Å². The van der Waals surface area contributed by atoms with E-state index < -0.39 is 0 Å². The normalized spacial score (nSPS) is 39.0. The molecule has 106 valence electrons. The molecule has 2 N–H and O–H groups in total. The molecule has 3 aliphatic rings. The van der Waals surface area contributed by atoms with Gasteiger partial charge in [-0.25, -0.2) is 0 Å². The van der Waals surface area contributed by atoms with E-state index in [2.05, 4.69) is 25.1 Å². The summed E-state index contributed by atoms with van der Waals surface area (Å²) in [5, 5.41) is 0. The van der Waals surface area contributed by atoms with Crippen molar-refractivity contribution in [2.45, 2.75) is 51.4 Å². The molecule has 4 atom stereocenters. The molecule has 1 aromatic rings. The summed E-state index contributed by atoms with van der Waals surface area (Å²) in [7, 11) is 0. The number of hydrogen-bond donors (Lipinski definition) is 1. The van der Waals surface area contributed by atoms with Gasteiger partial charge in [0.2, 0.25) is 0 Å². The van der Waals surface area contributed by atoms with E-state index in [1.807, 2.05) is 0 Å². The number of rotatable bonds is 0. The van der Waals surface area contributed by atoms with Crippen LogP contribution in [0.15, 0.2) is 18.2 Å². The average molecular weight is 269 g/mol. The van der Waals surface area contributed by atoms with Crippen LogP contribution in [0.5, 0.6) is 0 Å². The van der Waals surface area contributed by atoms with Gasteiger partial charge in [-0.05, 0) is 73.1 Å². The highest BCUT2D eigenvalue weighted by atomic mass is 16.1. The van der Waals surface area contributed by atoms with Gasteiger partial charge in [0.25, 0.3) is 0 Å². The molecule has 0 spiro atoms. The summed E-state index contributed by atoms with van der Waals surface area (Å²) in [6.07, 6.45) is 6.60. The third-order valence-corrected chi connectivity index (χ3v) is 6.46. The molecule has 0 heterocycles. The number of hydrogen-bond acceptors (Lipinski definition) is 2. The highest BCUT2D eigenvalue weighted by Crippen LogP contribution is 2.59. The zero-order valence-corrected chi connectivity index (χ0v) is 12.2. The Kier molecular flexibility index (Phi) is 2.55. The number of fused-ring (bicyclic) bond motifs is 5. The van der Waals surface area contributed by atoms with Gasteiger partial charge in [0.05, 0.1) is 0 Å². The number of benzene rings is 1. The molecule has 2 nitrogen and oxygen atoms in total. The van der Waals surface area contributed by atoms with E-state index in [-0.39, 0.29) is 5.41 Å². The Morgan fingerprint density at radius 2 is 2.05 bits per heavy atom. The first kappa shape index (κ1) is 12.4. The van der Waals surface area contributed by atoms with Crippen LogP contribution in [0.4, 0.5) is 5.69 Å². The zero-order valence-electron chi connectivity index (χ0n) is 12.2. The highest BCUT2D eigenvalue weighted by Gasteiger charge is 2.54. The van der Waals surface area contributed by atoms with Crippen molar-refractivity contribution in [3.63, 3.8) is 0 Å². The lowest BCUT2D eigenvalue weighted by atomic mass is 9.55. The molecule has 0 radical (unpaired) electrons. The predicted molar refractivity (Wildman–Crippen MR) is 80.5 cm³/mol. The van der Waals surface area contributed by atoms with Gasteiger partial charge in [0.15, 0.2) is 0 Å². The van der Waals surface area contributed by atoms with Crippen molar-refractivity contribution in [2.24, 2.45) is 17.3 Å². The van der Waals surface area contributed by atoms with Crippen LogP contribution < -0.4 is 5.73 Å². The fraction of sp³-hybridized carbons (Fsp3) is 0.611. The molecule has 0 aliphatic heterocycles. The summed E-state index contributed by atoms with van der Waals surface area (Å²) >= 11 is 0. The van der Waals surface area contributed by atoms with E-state index in [0.717, 1.165) is 37.3 Å². The van der Waals surface area contributed by atoms with Crippen molar-refractivity contribution < 1.29 is 4.79 Å². The number of nitrogen functional groups attached to an aromatic ring is 1. The van der Waals surface area contributed by atoms with Gasteiger partial charge in [-0.2, -0.15) is 0 Å². The number of carbonyl (C=O) groups excluding carboxylic acids is 1. The topological polar surface area (TPSA) is 43.1 Å². The van der Waals surface area contributed by atoms with Crippen molar-refractivity contribution in [3.8, 4) is 0 Å². The molecule has 0 saturated heterocycles. The minimum Gasteiger partial charge on any atom is -0.399 e. The monoisotopic (exact) mass is 269 g/mol. The third kappa shape index (κ3) is 1.54. The smallest absolute Gasteiger partial charge is 0.139 e. The molecular formula is C18H23NO. The molecule has 0 bridgehead atoms. The number of ketones is 1. The maximum absolute atomic E-state index is 12.3. The summed E-state index contributed by atoms with van der Waals surface area (Å²) in [6, 6.07) is 6.47. The highest BCUT2D eigenvalue weighted by molar-refractivity contribution is 5.87. The molecule has 0 aromatic heterocycles. The maximum atomic E-state index is 12.3. The average Bonchev–Trinajstić information content (AvgIpc) is 2.74. The molecule has 2 fully saturated rings. The lowest BCUT2D eigenvalue weighted by molar-refractivity contribution is -0.129. The van der Waals surface area contributed by atoms with Gasteiger partial charge in [0.1, 0.15) is 5.78 Å². The Morgan fingerprint density at radius 3 is 2.90 bits per heavy atom. The number of carbonyl (C=O) groups is 1. The van der Waals surface area contributed by atoms with Gasteiger partial charge in [-0.1, -0.05) is 13.0 Å². The van der Waals surface area contributed by atoms with E-state index in [1.54, 1.807) is 0 Å². The van der Waals surface area contributed by atoms with Crippen LogP contribution in [-0.4, -0.2) is 5.78 Å². The van der Waals surface area contributed by atoms with Crippen molar-refractivity contribution >= 4 is 11.5 Å². The molecule has 0 unspecified atom stereocenters. The van der Waals surface area contributed by atoms with Crippen LogP contribution >= 0.6 is 0 Å². The van der Waals surface area contributed by atoms with E-state index in [4.69, 9.17) is 5.73 Å². The second-order valence-electron chi connectivity index (χ2n) is 7.29. The van der Waals surface area contributed by atoms with Crippen LogP contribution in [0.25, 0.3) is 0 Å². The number of anilines is 1. The fourth-order valence-corrected chi connectivity index (χ4v) is 5.37. The molecular weight excluding hydrogens is 246 g/mol.